The third kappa shape index (κ3) is 2.24. The van der Waals surface area contributed by atoms with Gasteiger partial charge in [0.15, 0.2) is 10.1 Å². The highest BCUT2D eigenvalue weighted by molar-refractivity contribution is 4.95. The number of nitro groups is 2. The highest BCUT2D eigenvalue weighted by Gasteiger charge is 2.44. The van der Waals surface area contributed by atoms with Gasteiger partial charge in [0.1, 0.15) is 12.1 Å². The van der Waals surface area contributed by atoms with E-state index in [-0.39, 0.29) is 0 Å². The Kier molecular flexibility index (Phi) is 1.75. The Balaban J connectivity index is 2.16. The van der Waals surface area contributed by atoms with E-state index in [1.54, 1.807) is 0 Å². The summed E-state index contributed by atoms with van der Waals surface area (Å²) in [4.78, 5) is 19.6. The molecule has 0 saturated heterocycles. The molecule has 2 atom stereocenters. The molecule has 2 N–H and O–H groups in total. The van der Waals surface area contributed by atoms with E-state index in [9.17, 15) is 20.2 Å². The molecule has 0 unspecified atom stereocenters. The highest BCUT2D eigenvalue weighted by Crippen LogP contribution is 2.20. The van der Waals surface area contributed by atoms with Crippen molar-refractivity contribution in [2.75, 3.05) is 0 Å². The number of hydrogen-bond donors (Lipinski definition) is 2. The van der Waals surface area contributed by atoms with E-state index in [0.29, 0.717) is 6.42 Å². The van der Waals surface area contributed by atoms with Crippen LogP contribution in [0.4, 0.5) is 0 Å². The molecule has 11 heavy (non-hydrogen) atoms. The molecule has 8 heteroatoms. The molecule has 0 heterocycles. The summed E-state index contributed by atoms with van der Waals surface area (Å²) in [6, 6.07) is -0.814. The topological polar surface area (TPSA) is 110 Å². The largest absolute Gasteiger partial charge is 0.235 e. The van der Waals surface area contributed by atoms with Crippen LogP contribution in [0.3, 0.4) is 0 Å². The monoisotopic (exact) mass is 162 g/mol. The van der Waals surface area contributed by atoms with Gasteiger partial charge in [-0.05, 0) is 0 Å². The molecule has 0 spiro atoms. The Morgan fingerprint density at radius 2 is 1.45 bits per heavy atom. The van der Waals surface area contributed by atoms with Crippen molar-refractivity contribution in [2.24, 2.45) is 0 Å². The smallest absolute Gasteiger partial charge is 0.157 e. The summed E-state index contributed by atoms with van der Waals surface area (Å²) in [7, 11) is 0. The Morgan fingerprint density at radius 1 is 1.09 bits per heavy atom. The van der Waals surface area contributed by atoms with Gasteiger partial charge in [0.2, 0.25) is 0 Å². The maximum Gasteiger partial charge on any atom is 0.157 e. The van der Waals surface area contributed by atoms with Gasteiger partial charge in [-0.1, -0.05) is 0 Å². The van der Waals surface area contributed by atoms with Crippen LogP contribution < -0.4 is 10.9 Å². The Morgan fingerprint density at radius 3 is 1.73 bits per heavy atom. The maximum absolute atomic E-state index is 9.78. The first-order valence-corrected chi connectivity index (χ1v) is 2.90. The fourth-order valence-electron chi connectivity index (χ4n) is 0.751. The number of hydrazine groups is 2. The normalized spacial score (nSPS) is 27.3. The van der Waals surface area contributed by atoms with Crippen LogP contribution in [0.15, 0.2) is 0 Å². The van der Waals surface area contributed by atoms with Gasteiger partial charge in [-0.15, -0.1) is 10.9 Å². The summed E-state index contributed by atoms with van der Waals surface area (Å²) in [5, 5.41) is 18.2. The molecule has 0 bridgehead atoms. The molecular formula is C3H6N4O4. The van der Waals surface area contributed by atoms with E-state index in [2.05, 4.69) is 0 Å². The molecule has 0 radical (unpaired) electrons. The number of nitrogens with one attached hydrogen (secondary N) is 2. The van der Waals surface area contributed by atoms with E-state index < -0.39 is 22.1 Å². The zero-order chi connectivity index (χ0) is 8.43. The summed E-state index contributed by atoms with van der Waals surface area (Å²) >= 11 is 0. The van der Waals surface area contributed by atoms with E-state index >= 15 is 0 Å². The third-order valence-electron chi connectivity index (χ3n) is 1.33. The lowest BCUT2D eigenvalue weighted by Gasteiger charge is -1.93. The van der Waals surface area contributed by atoms with Gasteiger partial charge in [-0.3, -0.25) is 0 Å². The molecule has 0 aliphatic heterocycles. The van der Waals surface area contributed by atoms with Crippen LogP contribution in [-0.2, 0) is 0 Å². The fraction of sp³-hybridized carbons (Fsp3) is 1.00. The molecule has 1 aliphatic rings. The van der Waals surface area contributed by atoms with Gasteiger partial charge in [0, 0.05) is 6.42 Å². The summed E-state index contributed by atoms with van der Waals surface area (Å²) in [5.41, 5.74) is 3.85. The lowest BCUT2D eigenvalue weighted by atomic mass is 10.7. The zero-order valence-electron chi connectivity index (χ0n) is 5.39. The Hall–Kier alpha value is -1.60. The predicted octanol–water partition coefficient (Wildman–Crippen LogP) is -1.31. The van der Waals surface area contributed by atoms with Crippen LogP contribution >= 0.6 is 0 Å². The molecule has 62 valence electrons. The first kappa shape index (κ1) is 7.51. The van der Waals surface area contributed by atoms with Crippen molar-refractivity contribution in [3.05, 3.63) is 20.2 Å². The average Bonchev–Trinajstić information content (AvgIpc) is 2.43. The molecule has 0 amide bonds. The second kappa shape index (κ2) is 2.56. The average molecular weight is 162 g/mol. The van der Waals surface area contributed by atoms with Crippen LogP contribution in [-0.4, -0.2) is 22.1 Å². The van der Waals surface area contributed by atoms with Crippen molar-refractivity contribution in [3.8, 4) is 0 Å². The Bertz CT molecular complexity index is 174. The Labute approximate surface area is 60.8 Å². The first-order valence-electron chi connectivity index (χ1n) is 2.90. The van der Waals surface area contributed by atoms with E-state index in [4.69, 9.17) is 0 Å². The predicted molar refractivity (Wildman–Crippen MR) is 32.5 cm³/mol. The second-order valence-corrected chi connectivity index (χ2v) is 2.22. The van der Waals surface area contributed by atoms with Crippen molar-refractivity contribution >= 4 is 0 Å². The number of hydrogen-bond acceptors (Lipinski definition) is 4. The van der Waals surface area contributed by atoms with Gasteiger partial charge in [0.25, 0.3) is 0 Å². The third-order valence-corrected chi connectivity index (χ3v) is 1.33. The molecule has 1 rings (SSSR count). The van der Waals surface area contributed by atoms with Gasteiger partial charge >= 0.3 is 0 Å². The summed E-state index contributed by atoms with van der Waals surface area (Å²) in [5.74, 6) is 0. The molecule has 1 fully saturated rings. The summed E-state index contributed by atoms with van der Waals surface area (Å²) in [6.45, 7) is 0. The standard InChI is InChI=1S/C3H6N4O4/c8-6(9)4-2-1-3(2)5-7(10)11/h2-5H,1H2/t2-,3-/m1/s1. The van der Waals surface area contributed by atoms with Crippen LogP contribution in [0.2, 0.25) is 0 Å². The second-order valence-electron chi connectivity index (χ2n) is 2.22. The van der Waals surface area contributed by atoms with E-state index in [1.165, 1.54) is 0 Å². The fourth-order valence-corrected chi connectivity index (χ4v) is 0.751. The van der Waals surface area contributed by atoms with Gasteiger partial charge in [0.05, 0.1) is 0 Å². The lowest BCUT2D eigenvalue weighted by Crippen LogP contribution is -2.33. The maximum atomic E-state index is 9.78. The first-order chi connectivity index (χ1) is 5.09. The molecular weight excluding hydrogens is 156 g/mol. The van der Waals surface area contributed by atoms with Crippen LogP contribution in [0.1, 0.15) is 6.42 Å². The van der Waals surface area contributed by atoms with Crippen molar-refractivity contribution < 1.29 is 10.1 Å². The van der Waals surface area contributed by atoms with Gasteiger partial charge in [-0.2, -0.15) is 0 Å². The molecule has 8 nitrogen and oxygen atoms in total. The SMILES string of the molecule is O=[N+]([O-])N[C@@H]1C[C@H]1N[N+](=O)[O-]. The summed E-state index contributed by atoms with van der Waals surface area (Å²) < 4.78 is 0. The minimum Gasteiger partial charge on any atom is -0.235 e. The number of nitrogens with zero attached hydrogens (tertiary/aromatic N) is 2. The van der Waals surface area contributed by atoms with Crippen LogP contribution in [0.5, 0.6) is 0 Å². The molecule has 0 aromatic heterocycles. The van der Waals surface area contributed by atoms with Crippen LogP contribution in [0.25, 0.3) is 0 Å². The van der Waals surface area contributed by atoms with Crippen molar-refractivity contribution in [2.45, 2.75) is 18.5 Å². The quantitative estimate of drug-likeness (QED) is 0.392. The van der Waals surface area contributed by atoms with E-state index in [0.717, 1.165) is 0 Å². The molecule has 0 aromatic rings. The van der Waals surface area contributed by atoms with Crippen LogP contribution in [0, 0.1) is 20.2 Å². The van der Waals surface area contributed by atoms with E-state index in [1.807, 2.05) is 10.9 Å². The number of rotatable bonds is 4. The summed E-state index contributed by atoms with van der Waals surface area (Å²) in [6.07, 6.45) is 0.419. The molecule has 1 aliphatic carbocycles. The lowest BCUT2D eigenvalue weighted by molar-refractivity contribution is -0.557. The van der Waals surface area contributed by atoms with Gasteiger partial charge < -0.3 is 0 Å². The molecule has 1 saturated carbocycles. The van der Waals surface area contributed by atoms with Crippen molar-refractivity contribution in [3.63, 3.8) is 0 Å². The van der Waals surface area contributed by atoms with Crippen molar-refractivity contribution in [1.82, 2.24) is 10.9 Å². The van der Waals surface area contributed by atoms with Gasteiger partial charge in [-0.25, -0.2) is 20.2 Å². The zero-order valence-corrected chi connectivity index (χ0v) is 5.39. The van der Waals surface area contributed by atoms with Crippen molar-refractivity contribution in [1.29, 1.82) is 0 Å². The highest BCUT2D eigenvalue weighted by atomic mass is 16.7. The minimum atomic E-state index is -0.702. The molecule has 0 aromatic carbocycles. The minimum absolute atomic E-state index is 0.407.